The maximum atomic E-state index is 13.8. The molecule has 23 heavy (non-hydrogen) atoms. The molecule has 0 fully saturated rings. The van der Waals surface area contributed by atoms with E-state index in [0.29, 0.717) is 18.0 Å². The first-order valence-electron chi connectivity index (χ1n) is 7.38. The summed E-state index contributed by atoms with van der Waals surface area (Å²) in [6.07, 6.45) is 3.82. The van der Waals surface area contributed by atoms with Gasteiger partial charge in [-0.2, -0.15) is 4.57 Å². The molecular formula is C19H14FN2O+. The Morgan fingerprint density at radius 3 is 2.65 bits per heavy atom. The zero-order valence-corrected chi connectivity index (χ0v) is 12.3. The van der Waals surface area contributed by atoms with Crippen LogP contribution in [0.2, 0.25) is 0 Å². The van der Waals surface area contributed by atoms with Crippen LogP contribution in [0.5, 0.6) is 0 Å². The first kappa shape index (κ1) is 13.6. The van der Waals surface area contributed by atoms with Gasteiger partial charge in [-0.15, -0.1) is 0 Å². The Morgan fingerprint density at radius 1 is 0.957 bits per heavy atom. The lowest BCUT2D eigenvalue weighted by Crippen LogP contribution is -2.33. The second-order valence-corrected chi connectivity index (χ2v) is 5.34. The van der Waals surface area contributed by atoms with Crippen LogP contribution in [-0.4, -0.2) is 4.98 Å². The van der Waals surface area contributed by atoms with Crippen molar-refractivity contribution in [3.63, 3.8) is 0 Å². The molecule has 2 aromatic heterocycles. The molecule has 0 atom stereocenters. The fourth-order valence-corrected chi connectivity index (χ4v) is 2.57. The molecule has 0 spiro atoms. The largest absolute Gasteiger partial charge is 0.436 e. The van der Waals surface area contributed by atoms with Crippen molar-refractivity contribution in [3.05, 3.63) is 84.4 Å². The Balaban J connectivity index is 1.69. The number of fused-ring (bicyclic) bond motifs is 1. The molecule has 0 aliphatic heterocycles. The fourth-order valence-electron chi connectivity index (χ4n) is 2.57. The molecule has 0 saturated heterocycles. The van der Waals surface area contributed by atoms with Crippen LogP contribution in [0.15, 0.2) is 77.5 Å². The van der Waals surface area contributed by atoms with E-state index in [9.17, 15) is 4.39 Å². The Labute approximate surface area is 132 Å². The third-order valence-corrected chi connectivity index (χ3v) is 3.71. The topological polar surface area (TPSA) is 29.9 Å². The van der Waals surface area contributed by atoms with Gasteiger partial charge in [-0.05, 0) is 30.3 Å². The third-order valence-electron chi connectivity index (χ3n) is 3.71. The first-order valence-corrected chi connectivity index (χ1v) is 7.38. The number of halogens is 1. The van der Waals surface area contributed by atoms with Crippen LogP contribution in [0.3, 0.4) is 0 Å². The van der Waals surface area contributed by atoms with Gasteiger partial charge in [0.1, 0.15) is 16.9 Å². The minimum Gasteiger partial charge on any atom is -0.436 e. The third kappa shape index (κ3) is 2.71. The molecule has 2 aromatic carbocycles. The highest BCUT2D eigenvalue weighted by Crippen LogP contribution is 2.22. The van der Waals surface area contributed by atoms with Crippen LogP contribution >= 0.6 is 0 Å². The SMILES string of the molecule is Fc1ccccc1C[n+]1cccc(-c2nc3ccccc3o2)c1. The Bertz CT molecular complexity index is 945. The van der Waals surface area contributed by atoms with Gasteiger partial charge >= 0.3 is 0 Å². The Morgan fingerprint density at radius 2 is 1.78 bits per heavy atom. The summed E-state index contributed by atoms with van der Waals surface area (Å²) in [5, 5.41) is 0. The molecule has 112 valence electrons. The highest BCUT2D eigenvalue weighted by Gasteiger charge is 2.13. The van der Waals surface area contributed by atoms with E-state index in [1.165, 1.54) is 6.07 Å². The summed E-state index contributed by atoms with van der Waals surface area (Å²) in [4.78, 5) is 4.49. The van der Waals surface area contributed by atoms with E-state index in [1.54, 1.807) is 12.1 Å². The van der Waals surface area contributed by atoms with Gasteiger partial charge in [-0.1, -0.05) is 24.3 Å². The Kier molecular flexibility index (Phi) is 3.35. The number of rotatable bonds is 3. The molecule has 0 aliphatic carbocycles. The normalized spacial score (nSPS) is 11.0. The Hall–Kier alpha value is -3.01. The standard InChI is InChI=1S/C19H14FN2O/c20-16-8-2-1-6-14(16)12-22-11-5-7-15(13-22)19-21-17-9-3-4-10-18(17)23-19/h1-11,13H,12H2/q+1. The zero-order valence-electron chi connectivity index (χ0n) is 12.3. The highest BCUT2D eigenvalue weighted by molar-refractivity contribution is 5.75. The van der Waals surface area contributed by atoms with E-state index < -0.39 is 0 Å². The molecule has 2 heterocycles. The van der Waals surface area contributed by atoms with E-state index in [0.717, 1.165) is 16.7 Å². The number of oxazole rings is 1. The van der Waals surface area contributed by atoms with Crippen molar-refractivity contribution >= 4 is 11.1 Å². The van der Waals surface area contributed by atoms with Gasteiger partial charge in [0.05, 0.1) is 5.56 Å². The van der Waals surface area contributed by atoms with Crippen LogP contribution in [0.4, 0.5) is 4.39 Å². The average Bonchev–Trinajstić information content (AvgIpc) is 3.01. The fraction of sp³-hybridized carbons (Fsp3) is 0.0526. The quantitative estimate of drug-likeness (QED) is 0.536. The summed E-state index contributed by atoms with van der Waals surface area (Å²) >= 11 is 0. The lowest BCUT2D eigenvalue weighted by molar-refractivity contribution is -0.688. The van der Waals surface area contributed by atoms with E-state index in [4.69, 9.17) is 4.42 Å². The second-order valence-electron chi connectivity index (χ2n) is 5.34. The smallest absolute Gasteiger partial charge is 0.233 e. The van der Waals surface area contributed by atoms with E-state index in [-0.39, 0.29) is 5.82 Å². The van der Waals surface area contributed by atoms with Crippen molar-refractivity contribution < 1.29 is 13.4 Å². The van der Waals surface area contributed by atoms with Crippen LogP contribution in [-0.2, 0) is 6.54 Å². The zero-order chi connectivity index (χ0) is 15.6. The van der Waals surface area contributed by atoms with Crippen molar-refractivity contribution in [1.82, 2.24) is 4.98 Å². The molecule has 0 bridgehead atoms. The van der Waals surface area contributed by atoms with E-state index in [2.05, 4.69) is 4.98 Å². The molecule has 4 aromatic rings. The number of nitrogens with zero attached hydrogens (tertiary/aromatic N) is 2. The predicted molar refractivity (Wildman–Crippen MR) is 85.1 cm³/mol. The summed E-state index contributed by atoms with van der Waals surface area (Å²) in [7, 11) is 0. The molecule has 0 N–H and O–H groups in total. The van der Waals surface area contributed by atoms with Crippen molar-refractivity contribution in [1.29, 1.82) is 0 Å². The summed E-state index contributed by atoms with van der Waals surface area (Å²) < 4.78 is 21.5. The minimum absolute atomic E-state index is 0.202. The van der Waals surface area contributed by atoms with Crippen molar-refractivity contribution in [2.45, 2.75) is 6.54 Å². The molecule has 0 saturated carbocycles. The van der Waals surface area contributed by atoms with Crippen LogP contribution in [0.25, 0.3) is 22.6 Å². The summed E-state index contributed by atoms with van der Waals surface area (Å²) in [6.45, 7) is 0.459. The van der Waals surface area contributed by atoms with E-state index in [1.807, 2.05) is 59.4 Å². The van der Waals surface area contributed by atoms with Crippen molar-refractivity contribution in [2.24, 2.45) is 0 Å². The van der Waals surface area contributed by atoms with Crippen LogP contribution in [0, 0.1) is 5.82 Å². The molecule has 3 nitrogen and oxygen atoms in total. The van der Waals surface area contributed by atoms with Crippen LogP contribution < -0.4 is 4.57 Å². The maximum absolute atomic E-state index is 13.8. The number of pyridine rings is 1. The molecule has 0 aliphatic rings. The van der Waals surface area contributed by atoms with Gasteiger partial charge in [0.2, 0.25) is 5.89 Å². The lowest BCUT2D eigenvalue weighted by atomic mass is 10.2. The average molecular weight is 305 g/mol. The number of para-hydroxylation sites is 2. The second kappa shape index (κ2) is 5.65. The first-order chi connectivity index (χ1) is 11.3. The van der Waals surface area contributed by atoms with Crippen molar-refractivity contribution in [3.8, 4) is 11.5 Å². The van der Waals surface area contributed by atoms with Crippen LogP contribution in [0.1, 0.15) is 5.56 Å². The lowest BCUT2D eigenvalue weighted by Gasteiger charge is -2.00. The monoisotopic (exact) mass is 305 g/mol. The molecular weight excluding hydrogens is 291 g/mol. The molecule has 0 radical (unpaired) electrons. The van der Waals surface area contributed by atoms with Crippen molar-refractivity contribution in [2.75, 3.05) is 0 Å². The highest BCUT2D eigenvalue weighted by atomic mass is 19.1. The summed E-state index contributed by atoms with van der Waals surface area (Å²) in [5.74, 6) is 0.362. The molecule has 0 unspecified atom stereocenters. The maximum Gasteiger partial charge on any atom is 0.233 e. The van der Waals surface area contributed by atoms with Gasteiger partial charge in [0, 0.05) is 6.07 Å². The van der Waals surface area contributed by atoms with E-state index >= 15 is 0 Å². The minimum atomic E-state index is -0.202. The van der Waals surface area contributed by atoms with Gasteiger partial charge in [-0.25, -0.2) is 9.37 Å². The predicted octanol–water partition coefficient (Wildman–Crippen LogP) is 3.97. The number of benzene rings is 2. The molecule has 4 heteroatoms. The van der Waals surface area contributed by atoms with Gasteiger partial charge in [0.25, 0.3) is 0 Å². The molecule has 4 rings (SSSR count). The molecule has 0 amide bonds. The number of hydrogen-bond acceptors (Lipinski definition) is 2. The van der Waals surface area contributed by atoms with Gasteiger partial charge in [-0.3, -0.25) is 0 Å². The summed E-state index contributed by atoms with van der Waals surface area (Å²) in [6, 6.07) is 18.3. The van der Waals surface area contributed by atoms with Gasteiger partial charge < -0.3 is 4.42 Å². The summed E-state index contributed by atoms with van der Waals surface area (Å²) in [5.41, 5.74) is 3.09. The van der Waals surface area contributed by atoms with Gasteiger partial charge in [0.15, 0.2) is 24.5 Å². The number of aromatic nitrogens is 2. The number of hydrogen-bond donors (Lipinski definition) is 0.